The number of benzene rings is 6. The Morgan fingerprint density at radius 1 is 0.595 bits per heavy atom. The van der Waals surface area contributed by atoms with Gasteiger partial charge in [-0.1, -0.05) is 75.4 Å². The first-order valence-corrected chi connectivity index (χ1v) is 25.8. The van der Waals surface area contributed by atoms with Gasteiger partial charge in [-0.05, 0) is 127 Å². The second-order valence-corrected chi connectivity index (χ2v) is 18.7. The zero-order valence-electron chi connectivity index (χ0n) is 45.0. The van der Waals surface area contributed by atoms with Gasteiger partial charge in [-0.3, -0.25) is 24.0 Å². The number of ether oxygens (including phenoxy) is 6. The molecule has 0 saturated carbocycles. The van der Waals surface area contributed by atoms with Crippen molar-refractivity contribution in [2.75, 3.05) is 65.6 Å². The smallest absolute Gasteiger partial charge is 0.339 e. The summed E-state index contributed by atoms with van der Waals surface area (Å²) in [6.45, 7) is 6.77. The number of hydrogen-bond acceptors (Lipinski definition) is 13. The van der Waals surface area contributed by atoms with E-state index in [1.165, 1.54) is 25.8 Å². The first kappa shape index (κ1) is 59.3. The number of nitrogens with one attached hydrogen (secondary N) is 5. The van der Waals surface area contributed by atoms with Crippen LogP contribution in [-0.2, 0) is 29.3 Å². The first-order chi connectivity index (χ1) is 38.1. The lowest BCUT2D eigenvalue weighted by atomic mass is 9.82. The topological polar surface area (TPSA) is 264 Å². The highest BCUT2D eigenvalue weighted by Crippen LogP contribution is 2.39. The van der Waals surface area contributed by atoms with Gasteiger partial charge in [0, 0.05) is 18.7 Å². The molecule has 0 fully saturated rings. The van der Waals surface area contributed by atoms with Crippen LogP contribution in [0.1, 0.15) is 83.1 Å². The Labute approximate surface area is 459 Å². The van der Waals surface area contributed by atoms with Crippen molar-refractivity contribution in [3.8, 4) is 45.6 Å². The summed E-state index contributed by atoms with van der Waals surface area (Å²) >= 11 is 0. The molecule has 0 aliphatic carbocycles. The van der Waals surface area contributed by atoms with Gasteiger partial charge in [0.25, 0.3) is 11.8 Å². The molecule has 1 unspecified atom stereocenters. The van der Waals surface area contributed by atoms with Gasteiger partial charge in [-0.2, -0.15) is 0 Å². The van der Waals surface area contributed by atoms with E-state index >= 15 is 0 Å². The standard InChI is InChI=1S/C60H68N6O13/c1-6-60(2,3)42-23-25-43(26-24-42)78-44-15-13-14-41(34-44)57(70)64-37-54(67)62-29-12-11-19-49(56(61)69)66-55(68)38-77-33-32-76-31-30-63-58(71)45-16-7-9-18-47(45)65-48-27-21-39(35-52(48)74-4)40-22-28-51(53(36-40)75-5)79-50-20-10-8-17-46(50)59(72)73/h7-10,13-18,20-28,34-36,49,65H,6,11-12,19,29-33,37-38H2,1-5H3,(H2,61,69)(H,62,67)(H,63,71)(H,64,70)(H,66,68)(H,72,73). The van der Waals surface area contributed by atoms with Crippen LogP contribution in [-0.4, -0.2) is 107 Å². The molecule has 0 aliphatic heterocycles. The summed E-state index contributed by atoms with van der Waals surface area (Å²) < 4.78 is 34.3. The first-order valence-electron chi connectivity index (χ1n) is 25.8. The van der Waals surface area contributed by atoms with E-state index in [0.717, 1.165) is 17.5 Å². The van der Waals surface area contributed by atoms with Crippen molar-refractivity contribution >= 4 is 46.9 Å². The van der Waals surface area contributed by atoms with Gasteiger partial charge in [0.05, 0.1) is 57.5 Å². The minimum Gasteiger partial charge on any atom is -0.495 e. The largest absolute Gasteiger partial charge is 0.495 e. The number of aromatic carboxylic acids is 1. The molecule has 79 heavy (non-hydrogen) atoms. The zero-order chi connectivity index (χ0) is 56.7. The molecule has 0 aliphatic rings. The van der Waals surface area contributed by atoms with E-state index in [-0.39, 0.29) is 81.0 Å². The number of primary amides is 1. The number of para-hydroxylation sites is 2. The van der Waals surface area contributed by atoms with E-state index in [1.807, 2.05) is 48.5 Å². The third kappa shape index (κ3) is 17.8. The fourth-order valence-electron chi connectivity index (χ4n) is 7.97. The third-order valence-electron chi connectivity index (χ3n) is 12.8. The van der Waals surface area contributed by atoms with Crippen LogP contribution in [0, 0.1) is 0 Å². The summed E-state index contributed by atoms with van der Waals surface area (Å²) in [5.41, 5.74) is 10.2. The van der Waals surface area contributed by atoms with Crippen LogP contribution in [0.25, 0.3) is 11.1 Å². The predicted octanol–water partition coefficient (Wildman–Crippen LogP) is 8.53. The maximum absolute atomic E-state index is 13.3. The van der Waals surface area contributed by atoms with E-state index in [2.05, 4.69) is 47.4 Å². The summed E-state index contributed by atoms with van der Waals surface area (Å²) in [4.78, 5) is 75.0. The van der Waals surface area contributed by atoms with Gasteiger partial charge in [0.2, 0.25) is 17.7 Å². The van der Waals surface area contributed by atoms with Gasteiger partial charge in [0.15, 0.2) is 11.5 Å². The minimum absolute atomic E-state index is 0.0176. The molecule has 0 bridgehead atoms. The highest BCUT2D eigenvalue weighted by atomic mass is 16.5. The van der Waals surface area contributed by atoms with Crippen LogP contribution in [0.3, 0.4) is 0 Å². The van der Waals surface area contributed by atoms with Gasteiger partial charge in [0.1, 0.15) is 41.2 Å². The van der Waals surface area contributed by atoms with Crippen LogP contribution in [0.5, 0.6) is 34.5 Å². The lowest BCUT2D eigenvalue weighted by Crippen LogP contribution is -2.45. The number of methoxy groups -OCH3 is 2. The monoisotopic (exact) mass is 1080 g/mol. The summed E-state index contributed by atoms with van der Waals surface area (Å²) in [5, 5.41) is 23.7. The Kier molecular flexibility index (Phi) is 22.2. The highest BCUT2D eigenvalue weighted by Gasteiger charge is 2.21. The highest BCUT2D eigenvalue weighted by molar-refractivity contribution is 6.00. The van der Waals surface area contributed by atoms with Crippen LogP contribution < -0.4 is 51.3 Å². The van der Waals surface area contributed by atoms with E-state index in [9.17, 15) is 33.9 Å². The molecule has 5 amide bonds. The number of carboxylic acid groups (broad SMARTS) is 1. The predicted molar refractivity (Wildman–Crippen MR) is 299 cm³/mol. The third-order valence-corrected chi connectivity index (χ3v) is 12.8. The Morgan fingerprint density at radius 3 is 2.01 bits per heavy atom. The van der Waals surface area contributed by atoms with E-state index in [0.29, 0.717) is 64.1 Å². The van der Waals surface area contributed by atoms with Crippen LogP contribution in [0.15, 0.2) is 133 Å². The van der Waals surface area contributed by atoms with E-state index in [4.69, 9.17) is 34.2 Å². The number of carbonyl (C=O) groups excluding carboxylic acids is 5. The molecular weight excluding hydrogens is 1010 g/mol. The zero-order valence-corrected chi connectivity index (χ0v) is 45.0. The molecule has 19 heteroatoms. The number of anilines is 2. The van der Waals surface area contributed by atoms with E-state index < -0.39 is 29.7 Å². The fourth-order valence-corrected chi connectivity index (χ4v) is 7.97. The van der Waals surface area contributed by atoms with Crippen LogP contribution in [0.4, 0.5) is 11.4 Å². The van der Waals surface area contributed by atoms with Crippen LogP contribution >= 0.6 is 0 Å². The SMILES string of the molecule is CCC(C)(C)c1ccc(Oc2cccc(C(=O)NCC(=O)NCCCCC(NC(=O)COCCOCCNC(=O)c3ccccc3Nc3ccc(-c4ccc(Oc5ccccc5C(=O)O)c(OC)c4)cc3OC)C(N)=O)c2)cc1. The van der Waals surface area contributed by atoms with E-state index in [1.54, 1.807) is 78.9 Å². The second-order valence-electron chi connectivity index (χ2n) is 18.7. The summed E-state index contributed by atoms with van der Waals surface area (Å²) in [6, 6.07) is 37.8. The average Bonchev–Trinajstić information content (AvgIpc) is 3.47. The average molecular weight is 1080 g/mol. The van der Waals surface area contributed by atoms with Gasteiger partial charge in [-0.15, -0.1) is 0 Å². The lowest BCUT2D eigenvalue weighted by Gasteiger charge is -2.23. The maximum atomic E-state index is 13.3. The van der Waals surface area contributed by atoms with Crippen molar-refractivity contribution in [3.63, 3.8) is 0 Å². The molecule has 0 saturated heterocycles. The quantitative estimate of drug-likeness (QED) is 0.0201. The van der Waals surface area contributed by atoms with Crippen molar-refractivity contribution < 1.29 is 62.3 Å². The Bertz CT molecular complexity index is 3060. The molecule has 1 atom stereocenters. The van der Waals surface area contributed by atoms with Gasteiger partial charge >= 0.3 is 5.97 Å². The number of nitrogens with two attached hydrogens (primary N) is 1. The summed E-state index contributed by atoms with van der Waals surface area (Å²) in [6.07, 6.45) is 2.19. The number of unbranched alkanes of at least 4 members (excludes halogenated alkanes) is 1. The molecule has 416 valence electrons. The number of hydrogen-bond donors (Lipinski definition) is 7. The lowest BCUT2D eigenvalue weighted by molar-refractivity contribution is -0.130. The number of amides is 5. The molecule has 6 rings (SSSR count). The fraction of sp³-hybridized carbons (Fsp3) is 0.300. The molecular formula is C60H68N6O13. The Balaban J connectivity index is 0.840. The Hall–Kier alpha value is -8.94. The minimum atomic E-state index is -1.11. The molecule has 0 radical (unpaired) electrons. The Morgan fingerprint density at radius 2 is 1.29 bits per heavy atom. The van der Waals surface area contributed by atoms with Crippen molar-refractivity contribution in [1.29, 1.82) is 0 Å². The molecule has 19 nitrogen and oxygen atoms in total. The van der Waals surface area contributed by atoms with Gasteiger partial charge < -0.3 is 65.8 Å². The molecule has 0 heterocycles. The summed E-state index contributed by atoms with van der Waals surface area (Å²) in [7, 11) is 3.03. The molecule has 8 N–H and O–H groups in total. The molecule has 0 spiro atoms. The number of rotatable bonds is 31. The normalized spacial score (nSPS) is 11.4. The molecule has 0 aromatic heterocycles. The van der Waals surface area contributed by atoms with Crippen molar-refractivity contribution in [3.05, 3.63) is 156 Å². The van der Waals surface area contributed by atoms with Crippen molar-refractivity contribution in [1.82, 2.24) is 21.3 Å². The number of carbonyl (C=O) groups is 6. The number of carboxylic acids is 1. The van der Waals surface area contributed by atoms with Crippen molar-refractivity contribution in [2.24, 2.45) is 5.73 Å². The molecule has 6 aromatic carbocycles. The maximum Gasteiger partial charge on any atom is 0.339 e. The van der Waals surface area contributed by atoms with Crippen molar-refractivity contribution in [2.45, 2.75) is 57.9 Å². The molecule has 6 aromatic rings. The van der Waals surface area contributed by atoms with Gasteiger partial charge in [-0.25, -0.2) is 4.79 Å². The second kappa shape index (κ2) is 29.5. The summed E-state index contributed by atoms with van der Waals surface area (Å²) in [5.74, 6) is -0.990. The van der Waals surface area contributed by atoms with Crippen LogP contribution in [0.2, 0.25) is 0 Å².